The summed E-state index contributed by atoms with van der Waals surface area (Å²) in [4.78, 5) is 22.7. The largest absolute Gasteiger partial charge is 0.493 e. The summed E-state index contributed by atoms with van der Waals surface area (Å²) in [6.45, 7) is 1.98. The molecule has 4 N–H and O–H groups in total. The second kappa shape index (κ2) is 9.27. The molecule has 0 bridgehead atoms. The summed E-state index contributed by atoms with van der Waals surface area (Å²) in [7, 11) is 0. The second-order valence-electron chi connectivity index (χ2n) is 5.12. The number of halogens is 1. The number of amides is 2. The predicted octanol–water partition coefficient (Wildman–Crippen LogP) is 1.30. The van der Waals surface area contributed by atoms with Gasteiger partial charge in [-0.2, -0.15) is 0 Å². The van der Waals surface area contributed by atoms with Crippen LogP contribution in [0.5, 0.6) is 5.75 Å². The van der Waals surface area contributed by atoms with Crippen molar-refractivity contribution in [3.63, 3.8) is 0 Å². The van der Waals surface area contributed by atoms with Crippen molar-refractivity contribution in [2.75, 3.05) is 25.0 Å². The Morgan fingerprint density at radius 2 is 2.05 bits per heavy atom. The molecule has 0 saturated carbocycles. The Kier molecular flexibility index (Phi) is 7.70. The quantitative estimate of drug-likeness (QED) is 0.734. The lowest BCUT2D eigenvalue weighted by Crippen LogP contribution is -2.37. The molecular weight excluding hydrogens is 306 g/mol. The maximum absolute atomic E-state index is 12.1. The van der Waals surface area contributed by atoms with Crippen LogP contribution in [0.3, 0.4) is 0 Å². The normalized spacial score (nSPS) is 17.2. The van der Waals surface area contributed by atoms with E-state index in [-0.39, 0.29) is 43.2 Å². The third-order valence-electron chi connectivity index (χ3n) is 3.41. The minimum Gasteiger partial charge on any atom is -0.493 e. The molecule has 0 spiro atoms. The Labute approximate surface area is 136 Å². The smallest absolute Gasteiger partial charge is 0.228 e. The summed E-state index contributed by atoms with van der Waals surface area (Å²) in [6, 6.07) is 7.09. The molecule has 22 heavy (non-hydrogen) atoms. The van der Waals surface area contributed by atoms with Crippen molar-refractivity contribution in [2.24, 2.45) is 11.7 Å². The maximum Gasteiger partial charge on any atom is 0.228 e. The first-order valence-electron chi connectivity index (χ1n) is 7.18. The molecule has 1 aromatic rings. The van der Waals surface area contributed by atoms with Gasteiger partial charge in [-0.3, -0.25) is 9.59 Å². The van der Waals surface area contributed by atoms with Crippen LogP contribution >= 0.6 is 12.4 Å². The molecule has 6 nitrogen and oxygen atoms in total. The van der Waals surface area contributed by atoms with Gasteiger partial charge in [-0.1, -0.05) is 0 Å². The highest BCUT2D eigenvalue weighted by molar-refractivity contribution is 5.92. The summed E-state index contributed by atoms with van der Waals surface area (Å²) in [6.07, 6.45) is 2.14. The summed E-state index contributed by atoms with van der Waals surface area (Å²) in [5.74, 6) is 0.336. The molecule has 1 fully saturated rings. The molecule has 0 aromatic heterocycles. The molecule has 1 heterocycles. The van der Waals surface area contributed by atoms with Crippen LogP contribution in [0.1, 0.15) is 19.3 Å². The van der Waals surface area contributed by atoms with E-state index in [0.29, 0.717) is 5.75 Å². The van der Waals surface area contributed by atoms with Gasteiger partial charge in [0.1, 0.15) is 5.75 Å². The molecule has 1 aliphatic heterocycles. The highest BCUT2D eigenvalue weighted by Gasteiger charge is 2.20. The fourth-order valence-electron chi connectivity index (χ4n) is 2.22. The highest BCUT2D eigenvalue weighted by atomic mass is 35.5. The zero-order valence-corrected chi connectivity index (χ0v) is 13.2. The summed E-state index contributed by atoms with van der Waals surface area (Å²) in [5.41, 5.74) is 5.78. The molecule has 1 aromatic carbocycles. The first-order valence-corrected chi connectivity index (χ1v) is 7.18. The molecule has 0 aliphatic carbocycles. The van der Waals surface area contributed by atoms with E-state index < -0.39 is 0 Å². The number of primary amides is 1. The van der Waals surface area contributed by atoms with Gasteiger partial charge in [0.15, 0.2) is 0 Å². The number of hydrogen-bond acceptors (Lipinski definition) is 4. The number of ether oxygens (including phenoxy) is 1. The molecule has 122 valence electrons. The maximum atomic E-state index is 12.1. The zero-order valence-electron chi connectivity index (χ0n) is 12.3. The van der Waals surface area contributed by atoms with Gasteiger partial charge in [0.2, 0.25) is 11.8 Å². The predicted molar refractivity (Wildman–Crippen MR) is 87.2 cm³/mol. The Morgan fingerprint density at radius 1 is 1.32 bits per heavy atom. The van der Waals surface area contributed by atoms with E-state index >= 15 is 0 Å². The lowest BCUT2D eigenvalue weighted by Gasteiger charge is -2.21. The van der Waals surface area contributed by atoms with Gasteiger partial charge in [0, 0.05) is 12.2 Å². The number of anilines is 1. The lowest BCUT2D eigenvalue weighted by atomic mass is 9.99. The zero-order chi connectivity index (χ0) is 15.1. The fraction of sp³-hybridized carbons (Fsp3) is 0.467. The number of carbonyl (C=O) groups excluding carboxylic acids is 2. The van der Waals surface area contributed by atoms with E-state index in [1.165, 1.54) is 0 Å². The Morgan fingerprint density at radius 3 is 2.64 bits per heavy atom. The third-order valence-corrected chi connectivity index (χ3v) is 3.41. The molecule has 0 radical (unpaired) electrons. The van der Waals surface area contributed by atoms with Gasteiger partial charge in [0.25, 0.3) is 0 Å². The van der Waals surface area contributed by atoms with Gasteiger partial charge in [-0.15, -0.1) is 12.4 Å². The minimum absolute atomic E-state index is 0. The molecular formula is C15H22ClN3O3. The van der Waals surface area contributed by atoms with Gasteiger partial charge < -0.3 is 21.1 Å². The van der Waals surface area contributed by atoms with Crippen LogP contribution in [0.25, 0.3) is 0 Å². The monoisotopic (exact) mass is 327 g/mol. The van der Waals surface area contributed by atoms with E-state index in [1.807, 2.05) is 0 Å². The standard InChI is InChI=1S/C15H21N3O3.ClH/c16-14(19)7-9-21-13-5-3-12(4-6-13)18-15(20)11-2-1-8-17-10-11;/h3-6,11,17H,1-2,7-10H2,(H2,16,19)(H,18,20);1H. The van der Waals surface area contributed by atoms with Crippen molar-refractivity contribution in [2.45, 2.75) is 19.3 Å². The van der Waals surface area contributed by atoms with E-state index in [1.54, 1.807) is 24.3 Å². The Hall–Kier alpha value is -1.79. The van der Waals surface area contributed by atoms with Crippen LogP contribution in [0.4, 0.5) is 5.69 Å². The van der Waals surface area contributed by atoms with Crippen LogP contribution in [-0.4, -0.2) is 31.5 Å². The minimum atomic E-state index is -0.389. The van der Waals surface area contributed by atoms with E-state index in [4.69, 9.17) is 10.5 Å². The number of nitrogens with two attached hydrogens (primary N) is 1. The topological polar surface area (TPSA) is 93.5 Å². The number of nitrogens with one attached hydrogen (secondary N) is 2. The lowest BCUT2D eigenvalue weighted by molar-refractivity contribution is -0.120. The number of benzene rings is 1. The Balaban J connectivity index is 0.00000242. The van der Waals surface area contributed by atoms with Crippen molar-refractivity contribution in [1.29, 1.82) is 0 Å². The number of rotatable bonds is 6. The Bertz CT molecular complexity index is 487. The molecule has 1 atom stereocenters. The van der Waals surface area contributed by atoms with Crippen LogP contribution in [0, 0.1) is 5.92 Å². The summed E-state index contributed by atoms with van der Waals surface area (Å²) >= 11 is 0. The van der Waals surface area contributed by atoms with Gasteiger partial charge in [-0.05, 0) is 43.7 Å². The van der Waals surface area contributed by atoms with Gasteiger partial charge in [-0.25, -0.2) is 0 Å². The van der Waals surface area contributed by atoms with Crippen LogP contribution in [-0.2, 0) is 9.59 Å². The molecule has 7 heteroatoms. The number of carbonyl (C=O) groups is 2. The molecule has 2 amide bonds. The molecule has 1 aliphatic rings. The first-order chi connectivity index (χ1) is 10.1. The third kappa shape index (κ3) is 5.91. The number of hydrogen-bond donors (Lipinski definition) is 3. The number of piperidine rings is 1. The summed E-state index contributed by atoms with van der Waals surface area (Å²) < 4.78 is 5.37. The highest BCUT2D eigenvalue weighted by Crippen LogP contribution is 2.18. The molecule has 2 rings (SSSR count). The molecule has 1 unspecified atom stereocenters. The van der Waals surface area contributed by atoms with Crippen molar-refractivity contribution < 1.29 is 14.3 Å². The van der Waals surface area contributed by atoms with Crippen LogP contribution < -0.4 is 21.1 Å². The van der Waals surface area contributed by atoms with Crippen molar-refractivity contribution in [1.82, 2.24) is 5.32 Å². The first kappa shape index (κ1) is 18.3. The SMILES string of the molecule is Cl.NC(=O)CCOc1ccc(NC(=O)C2CCCNC2)cc1. The van der Waals surface area contributed by atoms with E-state index in [0.717, 1.165) is 31.6 Å². The average Bonchev–Trinajstić information content (AvgIpc) is 2.49. The summed E-state index contributed by atoms with van der Waals surface area (Å²) in [5, 5.41) is 6.13. The molecule has 1 saturated heterocycles. The average molecular weight is 328 g/mol. The van der Waals surface area contributed by atoms with Crippen molar-refractivity contribution >= 4 is 29.9 Å². The van der Waals surface area contributed by atoms with E-state index in [2.05, 4.69) is 10.6 Å². The van der Waals surface area contributed by atoms with Gasteiger partial charge in [0.05, 0.1) is 18.9 Å². The van der Waals surface area contributed by atoms with E-state index in [9.17, 15) is 9.59 Å². The van der Waals surface area contributed by atoms with Gasteiger partial charge >= 0.3 is 0 Å². The van der Waals surface area contributed by atoms with Crippen molar-refractivity contribution in [3.8, 4) is 5.75 Å². The fourth-order valence-corrected chi connectivity index (χ4v) is 2.22. The van der Waals surface area contributed by atoms with Crippen LogP contribution in [0.2, 0.25) is 0 Å². The van der Waals surface area contributed by atoms with Crippen LogP contribution in [0.15, 0.2) is 24.3 Å². The second-order valence-corrected chi connectivity index (χ2v) is 5.12. The van der Waals surface area contributed by atoms with Crippen molar-refractivity contribution in [3.05, 3.63) is 24.3 Å².